The molecule has 16 heavy (non-hydrogen) atoms. The van der Waals surface area contributed by atoms with Crippen LogP contribution in [0.15, 0.2) is 11.4 Å². The van der Waals surface area contributed by atoms with Crippen molar-refractivity contribution in [2.75, 3.05) is 18.6 Å². The highest BCUT2D eigenvalue weighted by Gasteiger charge is 2.11. The molecular formula is C11H17NO2S2. The smallest absolute Gasteiger partial charge is 0.346 e. The van der Waals surface area contributed by atoms with Crippen molar-refractivity contribution in [2.24, 2.45) is 5.92 Å². The fourth-order valence-corrected chi connectivity index (χ4v) is 2.91. The number of carboxylic acid groups (broad SMARTS) is 1. The average molecular weight is 259 g/mol. The van der Waals surface area contributed by atoms with Gasteiger partial charge in [0.25, 0.3) is 0 Å². The Balaban J connectivity index is 2.37. The van der Waals surface area contributed by atoms with E-state index in [1.54, 1.807) is 0 Å². The zero-order valence-electron chi connectivity index (χ0n) is 9.53. The maximum absolute atomic E-state index is 10.9. The van der Waals surface area contributed by atoms with E-state index in [1.807, 2.05) is 23.2 Å². The number of nitrogens with one attached hydrogen (secondary N) is 1. The fourth-order valence-electron chi connectivity index (χ4n) is 1.46. The van der Waals surface area contributed by atoms with Gasteiger partial charge in [0.15, 0.2) is 0 Å². The lowest BCUT2D eigenvalue weighted by molar-refractivity contribution is 0.0701. The van der Waals surface area contributed by atoms with E-state index in [1.165, 1.54) is 11.3 Å². The summed E-state index contributed by atoms with van der Waals surface area (Å²) in [6.07, 6.45) is 2.10. The number of aromatic carboxylic acids is 1. The van der Waals surface area contributed by atoms with Gasteiger partial charge < -0.3 is 10.4 Å². The molecule has 0 aliphatic heterocycles. The van der Waals surface area contributed by atoms with E-state index in [4.69, 9.17) is 5.11 Å². The molecule has 1 unspecified atom stereocenters. The predicted octanol–water partition coefficient (Wildman–Crippen LogP) is 2.54. The highest BCUT2D eigenvalue weighted by atomic mass is 32.2. The van der Waals surface area contributed by atoms with Gasteiger partial charge in [0.05, 0.1) is 0 Å². The topological polar surface area (TPSA) is 49.3 Å². The van der Waals surface area contributed by atoms with E-state index < -0.39 is 5.97 Å². The van der Waals surface area contributed by atoms with Gasteiger partial charge in [-0.25, -0.2) is 4.79 Å². The molecule has 0 fully saturated rings. The van der Waals surface area contributed by atoms with E-state index in [9.17, 15) is 4.79 Å². The van der Waals surface area contributed by atoms with Crippen LogP contribution in [0.5, 0.6) is 0 Å². The maximum atomic E-state index is 10.9. The summed E-state index contributed by atoms with van der Waals surface area (Å²) < 4.78 is 0. The number of carboxylic acids is 1. The van der Waals surface area contributed by atoms with Gasteiger partial charge in [-0.15, -0.1) is 11.3 Å². The summed E-state index contributed by atoms with van der Waals surface area (Å²) in [5, 5.41) is 14.0. The van der Waals surface area contributed by atoms with Crippen LogP contribution < -0.4 is 5.32 Å². The molecule has 1 aromatic rings. The fraction of sp³-hybridized carbons (Fsp3) is 0.545. The van der Waals surface area contributed by atoms with Gasteiger partial charge in [-0.2, -0.15) is 11.8 Å². The molecule has 3 nitrogen and oxygen atoms in total. The number of hydrogen-bond acceptors (Lipinski definition) is 4. The molecule has 0 bridgehead atoms. The highest BCUT2D eigenvalue weighted by molar-refractivity contribution is 7.98. The van der Waals surface area contributed by atoms with Crippen molar-refractivity contribution in [3.63, 3.8) is 0 Å². The first kappa shape index (κ1) is 13.5. The van der Waals surface area contributed by atoms with E-state index >= 15 is 0 Å². The van der Waals surface area contributed by atoms with Crippen molar-refractivity contribution < 1.29 is 9.90 Å². The van der Waals surface area contributed by atoms with Crippen molar-refractivity contribution >= 4 is 29.1 Å². The minimum Gasteiger partial charge on any atom is -0.477 e. The van der Waals surface area contributed by atoms with Gasteiger partial charge in [0.1, 0.15) is 4.88 Å². The highest BCUT2D eigenvalue weighted by Crippen LogP contribution is 2.16. The number of thiophene rings is 1. The second kappa shape index (κ2) is 6.93. The molecule has 0 aliphatic rings. The molecule has 1 atom stereocenters. The molecule has 0 amide bonds. The van der Waals surface area contributed by atoms with Crippen LogP contribution in [-0.4, -0.2) is 29.6 Å². The summed E-state index contributed by atoms with van der Waals surface area (Å²) >= 11 is 3.12. The Hall–Kier alpha value is -0.520. The Kier molecular flexibility index (Phi) is 5.87. The Morgan fingerprint density at radius 3 is 3.06 bits per heavy atom. The summed E-state index contributed by atoms with van der Waals surface area (Å²) in [5.41, 5.74) is 0.883. The zero-order chi connectivity index (χ0) is 12.0. The summed E-state index contributed by atoms with van der Waals surface area (Å²) in [7, 11) is 0. The van der Waals surface area contributed by atoms with Crippen LogP contribution in [0, 0.1) is 5.92 Å². The van der Waals surface area contributed by atoms with Crippen molar-refractivity contribution in [1.29, 1.82) is 0 Å². The van der Waals surface area contributed by atoms with Crippen LogP contribution in [-0.2, 0) is 6.54 Å². The molecule has 1 aromatic heterocycles. The third-order valence-electron chi connectivity index (χ3n) is 2.20. The third-order valence-corrected chi connectivity index (χ3v) is 4.05. The summed E-state index contributed by atoms with van der Waals surface area (Å²) in [6, 6.07) is 1.88. The molecule has 90 valence electrons. The molecule has 0 spiro atoms. The number of hydrogen-bond donors (Lipinski definition) is 2. The predicted molar refractivity (Wildman–Crippen MR) is 70.5 cm³/mol. The maximum Gasteiger partial charge on any atom is 0.346 e. The van der Waals surface area contributed by atoms with Gasteiger partial charge in [-0.1, -0.05) is 6.92 Å². The Morgan fingerprint density at radius 2 is 2.44 bits per heavy atom. The summed E-state index contributed by atoms with van der Waals surface area (Å²) in [4.78, 5) is 11.3. The number of rotatable bonds is 7. The number of thioether (sulfide) groups is 1. The van der Waals surface area contributed by atoms with Gasteiger partial charge in [0.2, 0.25) is 0 Å². The first-order valence-electron chi connectivity index (χ1n) is 5.14. The van der Waals surface area contributed by atoms with E-state index in [-0.39, 0.29) is 0 Å². The van der Waals surface area contributed by atoms with Crippen LogP contribution in [0.1, 0.15) is 22.2 Å². The van der Waals surface area contributed by atoms with Gasteiger partial charge in [-0.05, 0) is 41.5 Å². The molecule has 5 heteroatoms. The third kappa shape index (κ3) is 4.15. The van der Waals surface area contributed by atoms with Crippen LogP contribution in [0.2, 0.25) is 0 Å². The van der Waals surface area contributed by atoms with E-state index in [0.29, 0.717) is 17.3 Å². The first-order valence-corrected chi connectivity index (χ1v) is 7.41. The van der Waals surface area contributed by atoms with E-state index in [2.05, 4.69) is 18.5 Å². The lowest BCUT2D eigenvalue weighted by atomic mass is 10.2. The monoisotopic (exact) mass is 259 g/mol. The van der Waals surface area contributed by atoms with Gasteiger partial charge in [-0.3, -0.25) is 0 Å². The summed E-state index contributed by atoms with van der Waals surface area (Å²) in [5.74, 6) is 0.911. The molecule has 0 aliphatic carbocycles. The van der Waals surface area contributed by atoms with Crippen molar-refractivity contribution in [2.45, 2.75) is 13.5 Å². The van der Waals surface area contributed by atoms with Gasteiger partial charge >= 0.3 is 5.97 Å². The second-order valence-electron chi connectivity index (χ2n) is 3.77. The van der Waals surface area contributed by atoms with Crippen molar-refractivity contribution in [3.8, 4) is 0 Å². The zero-order valence-corrected chi connectivity index (χ0v) is 11.2. The average Bonchev–Trinajstić information content (AvgIpc) is 2.66. The molecule has 0 aromatic carbocycles. The second-order valence-corrected chi connectivity index (χ2v) is 5.60. The molecular weight excluding hydrogens is 242 g/mol. The standard InChI is InChI=1S/C11H17NO2S2/c1-8(7-15-2)5-12-6-9-3-4-16-10(9)11(13)14/h3-4,8,12H,5-7H2,1-2H3,(H,13,14). The number of carbonyl (C=O) groups is 1. The lowest BCUT2D eigenvalue weighted by Crippen LogP contribution is -2.22. The molecule has 0 radical (unpaired) electrons. The molecule has 1 heterocycles. The molecule has 2 N–H and O–H groups in total. The molecule has 0 saturated carbocycles. The van der Waals surface area contributed by atoms with Crippen LogP contribution >= 0.6 is 23.1 Å². The first-order chi connectivity index (χ1) is 7.65. The minimum atomic E-state index is -0.830. The van der Waals surface area contributed by atoms with Crippen LogP contribution in [0.4, 0.5) is 0 Å². The Labute approximate surface area is 104 Å². The minimum absolute atomic E-state index is 0.449. The molecule has 1 rings (SSSR count). The Morgan fingerprint density at radius 1 is 1.69 bits per heavy atom. The summed E-state index contributed by atoms with van der Waals surface area (Å²) in [6.45, 7) is 3.76. The largest absolute Gasteiger partial charge is 0.477 e. The van der Waals surface area contributed by atoms with Crippen molar-refractivity contribution in [1.82, 2.24) is 5.32 Å². The lowest BCUT2D eigenvalue weighted by Gasteiger charge is -2.10. The molecule has 0 saturated heterocycles. The van der Waals surface area contributed by atoms with Crippen LogP contribution in [0.25, 0.3) is 0 Å². The van der Waals surface area contributed by atoms with Crippen LogP contribution in [0.3, 0.4) is 0 Å². The van der Waals surface area contributed by atoms with E-state index in [0.717, 1.165) is 17.9 Å². The SMILES string of the molecule is CSCC(C)CNCc1ccsc1C(=O)O. The van der Waals surface area contributed by atoms with Gasteiger partial charge in [0, 0.05) is 6.54 Å². The Bertz CT molecular complexity index is 338. The quantitative estimate of drug-likeness (QED) is 0.790. The van der Waals surface area contributed by atoms with Crippen molar-refractivity contribution in [3.05, 3.63) is 21.9 Å². The normalized spacial score (nSPS) is 12.6.